The number of amides is 1. The summed E-state index contributed by atoms with van der Waals surface area (Å²) < 4.78 is 15.8. The van der Waals surface area contributed by atoms with E-state index in [1.165, 1.54) is 31.7 Å². The number of anilines is 1. The van der Waals surface area contributed by atoms with Crippen molar-refractivity contribution < 1.29 is 9.18 Å². The Morgan fingerprint density at radius 2 is 2.18 bits per heavy atom. The highest BCUT2D eigenvalue weighted by molar-refractivity contribution is 6.33. The molecule has 0 bridgehead atoms. The van der Waals surface area contributed by atoms with Gasteiger partial charge in [0.05, 0.1) is 33.7 Å². The molecule has 0 saturated heterocycles. The molecular formula is C14H11ClFN5O. The van der Waals surface area contributed by atoms with Gasteiger partial charge in [0.1, 0.15) is 6.33 Å². The predicted octanol–water partition coefficient (Wildman–Crippen LogP) is 2.13. The Morgan fingerprint density at radius 3 is 2.91 bits per heavy atom. The number of nitrogens with two attached hydrogens (primary N) is 1. The summed E-state index contributed by atoms with van der Waals surface area (Å²) in [4.78, 5) is 19.9. The lowest BCUT2D eigenvalue weighted by Crippen LogP contribution is -2.18. The van der Waals surface area contributed by atoms with Gasteiger partial charge >= 0.3 is 0 Å². The third-order valence-corrected chi connectivity index (χ3v) is 3.55. The third-order valence-electron chi connectivity index (χ3n) is 3.24. The van der Waals surface area contributed by atoms with Crippen LogP contribution in [0.3, 0.4) is 0 Å². The van der Waals surface area contributed by atoms with Gasteiger partial charge in [-0.25, -0.2) is 9.37 Å². The molecule has 0 aliphatic rings. The van der Waals surface area contributed by atoms with E-state index in [4.69, 9.17) is 17.3 Å². The number of imidazole rings is 1. The van der Waals surface area contributed by atoms with Crippen molar-refractivity contribution in [2.24, 2.45) is 0 Å². The number of nitrogen functional groups attached to an aromatic ring is 1. The molecule has 8 heteroatoms. The van der Waals surface area contributed by atoms with Crippen LogP contribution in [-0.2, 0) is 0 Å². The van der Waals surface area contributed by atoms with Gasteiger partial charge in [-0.05, 0) is 12.1 Å². The minimum absolute atomic E-state index is 0.0158. The number of hydrogen-bond donors (Lipinski definition) is 2. The first kappa shape index (κ1) is 14.3. The molecular weight excluding hydrogens is 309 g/mol. The van der Waals surface area contributed by atoms with Gasteiger partial charge in [-0.3, -0.25) is 9.78 Å². The predicted molar refractivity (Wildman–Crippen MR) is 81.2 cm³/mol. The van der Waals surface area contributed by atoms with Crippen molar-refractivity contribution in [3.05, 3.63) is 47.4 Å². The maximum Gasteiger partial charge on any atom is 0.271 e. The smallest absolute Gasteiger partial charge is 0.271 e. The number of nitrogens with one attached hydrogen (secondary N) is 1. The Morgan fingerprint density at radius 1 is 1.41 bits per heavy atom. The molecule has 22 heavy (non-hydrogen) atoms. The lowest BCUT2D eigenvalue weighted by molar-refractivity contribution is 0.0960. The zero-order chi connectivity index (χ0) is 15.9. The molecule has 0 spiro atoms. The number of nitrogens with zero attached hydrogens (tertiary/aromatic N) is 3. The van der Waals surface area contributed by atoms with Gasteiger partial charge in [-0.2, -0.15) is 0 Å². The maximum absolute atomic E-state index is 14.2. The second kappa shape index (κ2) is 5.27. The van der Waals surface area contributed by atoms with Crippen LogP contribution in [0.25, 0.3) is 16.8 Å². The summed E-state index contributed by atoms with van der Waals surface area (Å²) in [5.41, 5.74) is 6.70. The SMILES string of the molecule is CNC(=O)c1ncn2cc(-c3c(Cl)ccc(N)c3F)ncc12. The molecule has 0 aliphatic heterocycles. The van der Waals surface area contributed by atoms with Crippen LogP contribution in [0.1, 0.15) is 10.5 Å². The number of carbonyl (C=O) groups is 1. The first-order valence-electron chi connectivity index (χ1n) is 6.31. The third kappa shape index (κ3) is 2.15. The van der Waals surface area contributed by atoms with Crippen LogP contribution in [-0.4, -0.2) is 27.3 Å². The Hall–Kier alpha value is -2.67. The molecule has 2 heterocycles. The fourth-order valence-corrected chi connectivity index (χ4v) is 2.37. The summed E-state index contributed by atoms with van der Waals surface area (Å²) in [5, 5.41) is 2.69. The molecule has 3 aromatic rings. The Kier molecular flexibility index (Phi) is 3.42. The summed E-state index contributed by atoms with van der Waals surface area (Å²) in [6.45, 7) is 0. The number of halogens is 2. The van der Waals surface area contributed by atoms with Crippen LogP contribution >= 0.6 is 11.6 Å². The van der Waals surface area contributed by atoms with E-state index in [1.54, 1.807) is 10.6 Å². The van der Waals surface area contributed by atoms with Crippen LogP contribution in [0.5, 0.6) is 0 Å². The number of aromatic nitrogens is 3. The lowest BCUT2D eigenvalue weighted by Gasteiger charge is -2.08. The molecule has 3 rings (SSSR count). The van der Waals surface area contributed by atoms with Gasteiger partial charge in [0, 0.05) is 13.2 Å². The monoisotopic (exact) mass is 319 g/mol. The van der Waals surface area contributed by atoms with Crippen molar-refractivity contribution in [1.29, 1.82) is 0 Å². The Balaban J connectivity index is 2.19. The van der Waals surface area contributed by atoms with Gasteiger partial charge in [0.15, 0.2) is 11.5 Å². The average Bonchev–Trinajstić information content (AvgIpc) is 2.94. The van der Waals surface area contributed by atoms with E-state index in [2.05, 4.69) is 15.3 Å². The average molecular weight is 320 g/mol. The lowest BCUT2D eigenvalue weighted by atomic mass is 10.1. The van der Waals surface area contributed by atoms with E-state index in [0.717, 1.165) is 0 Å². The highest BCUT2D eigenvalue weighted by Crippen LogP contribution is 2.32. The maximum atomic E-state index is 14.2. The van der Waals surface area contributed by atoms with Crippen molar-refractivity contribution in [3.63, 3.8) is 0 Å². The summed E-state index contributed by atoms with van der Waals surface area (Å²) >= 11 is 6.04. The zero-order valence-electron chi connectivity index (χ0n) is 11.5. The van der Waals surface area contributed by atoms with Gasteiger partial charge in [0.25, 0.3) is 5.91 Å². The summed E-state index contributed by atoms with van der Waals surface area (Å²) in [5.74, 6) is -0.962. The number of rotatable bonds is 2. The van der Waals surface area contributed by atoms with Gasteiger partial charge in [0.2, 0.25) is 0 Å². The van der Waals surface area contributed by atoms with Crippen molar-refractivity contribution in [1.82, 2.24) is 19.7 Å². The second-order valence-corrected chi connectivity index (χ2v) is 4.97. The number of carbonyl (C=O) groups excluding carboxylic acids is 1. The minimum Gasteiger partial charge on any atom is -0.396 e. The molecule has 1 aromatic carbocycles. The molecule has 0 aliphatic carbocycles. The van der Waals surface area contributed by atoms with E-state index in [9.17, 15) is 9.18 Å². The molecule has 0 fully saturated rings. The van der Waals surface area contributed by atoms with E-state index < -0.39 is 5.82 Å². The highest BCUT2D eigenvalue weighted by Gasteiger charge is 2.17. The largest absolute Gasteiger partial charge is 0.396 e. The zero-order valence-corrected chi connectivity index (χ0v) is 12.2. The first-order chi connectivity index (χ1) is 10.5. The van der Waals surface area contributed by atoms with E-state index in [0.29, 0.717) is 11.2 Å². The van der Waals surface area contributed by atoms with E-state index in [-0.39, 0.29) is 27.9 Å². The standard InChI is InChI=1S/C14H11ClFN5O/c1-18-14(22)13-10-4-19-9(5-21(10)6-20-13)11-7(15)2-3-8(17)12(11)16/h2-6H,17H2,1H3,(H,18,22). The van der Waals surface area contributed by atoms with Crippen LogP contribution in [0.2, 0.25) is 5.02 Å². The van der Waals surface area contributed by atoms with Gasteiger partial charge in [-0.1, -0.05) is 11.6 Å². The normalized spacial score (nSPS) is 10.9. The first-order valence-corrected chi connectivity index (χ1v) is 6.69. The fourth-order valence-electron chi connectivity index (χ4n) is 2.12. The van der Waals surface area contributed by atoms with Gasteiger partial charge < -0.3 is 15.5 Å². The van der Waals surface area contributed by atoms with Crippen molar-refractivity contribution in [2.75, 3.05) is 12.8 Å². The molecule has 0 atom stereocenters. The molecule has 0 radical (unpaired) electrons. The van der Waals surface area contributed by atoms with E-state index in [1.807, 2.05) is 0 Å². The Labute approximate surface area is 129 Å². The Bertz CT molecular complexity index is 892. The van der Waals surface area contributed by atoms with Crippen LogP contribution in [0.4, 0.5) is 10.1 Å². The van der Waals surface area contributed by atoms with Crippen LogP contribution in [0, 0.1) is 5.82 Å². The quantitative estimate of drug-likeness (QED) is 0.709. The fraction of sp³-hybridized carbons (Fsp3) is 0.0714. The van der Waals surface area contributed by atoms with Crippen LogP contribution in [0.15, 0.2) is 30.9 Å². The topological polar surface area (TPSA) is 85.3 Å². The van der Waals surface area contributed by atoms with E-state index >= 15 is 0 Å². The number of hydrogen-bond acceptors (Lipinski definition) is 4. The summed E-state index contributed by atoms with van der Waals surface area (Å²) in [7, 11) is 1.51. The highest BCUT2D eigenvalue weighted by atomic mass is 35.5. The van der Waals surface area contributed by atoms with Crippen molar-refractivity contribution in [2.45, 2.75) is 0 Å². The minimum atomic E-state index is -0.633. The molecule has 2 aromatic heterocycles. The van der Waals surface area contributed by atoms with Crippen molar-refractivity contribution in [3.8, 4) is 11.3 Å². The molecule has 112 valence electrons. The summed E-state index contributed by atoms with van der Waals surface area (Å²) in [6, 6.07) is 2.89. The molecule has 3 N–H and O–H groups in total. The number of benzene rings is 1. The molecule has 6 nitrogen and oxygen atoms in total. The second-order valence-electron chi connectivity index (χ2n) is 4.56. The van der Waals surface area contributed by atoms with Crippen LogP contribution < -0.4 is 11.1 Å². The number of fused-ring (bicyclic) bond motifs is 1. The van der Waals surface area contributed by atoms with Crippen molar-refractivity contribution >= 4 is 28.7 Å². The molecule has 0 saturated carbocycles. The molecule has 0 unspecified atom stereocenters. The molecule has 1 amide bonds. The summed E-state index contributed by atoms with van der Waals surface area (Å²) in [6.07, 6.45) is 4.42. The van der Waals surface area contributed by atoms with Gasteiger partial charge in [-0.15, -0.1) is 0 Å².